The average molecular weight is 392 g/mol. The summed E-state index contributed by atoms with van der Waals surface area (Å²) in [5.41, 5.74) is 4.36. The summed E-state index contributed by atoms with van der Waals surface area (Å²) in [4.78, 5) is 18.6. The van der Waals surface area contributed by atoms with Gasteiger partial charge in [-0.1, -0.05) is 90.2 Å². The molecule has 0 saturated heterocycles. The van der Waals surface area contributed by atoms with E-state index < -0.39 is 0 Å². The molecule has 0 spiro atoms. The molecular weight excluding hydrogens is 376 g/mol. The van der Waals surface area contributed by atoms with Crippen molar-refractivity contribution in [3.8, 4) is 21.7 Å². The van der Waals surface area contributed by atoms with E-state index in [2.05, 4.69) is 59.9 Å². The third kappa shape index (κ3) is 2.57. The highest BCUT2D eigenvalue weighted by molar-refractivity contribution is 7.20. The van der Waals surface area contributed by atoms with Crippen molar-refractivity contribution < 1.29 is 4.79 Å². The Morgan fingerprint density at radius 2 is 1.55 bits per heavy atom. The van der Waals surface area contributed by atoms with E-state index in [-0.39, 0.29) is 5.91 Å². The van der Waals surface area contributed by atoms with Crippen molar-refractivity contribution in [3.05, 3.63) is 84.4 Å². The molecule has 1 N–H and O–H groups in total. The number of fused-ring (bicyclic) bond motifs is 4. The molecule has 0 aliphatic heterocycles. The van der Waals surface area contributed by atoms with E-state index in [1.807, 2.05) is 24.3 Å². The zero-order valence-electron chi connectivity index (χ0n) is 15.5. The fourth-order valence-corrected chi connectivity index (χ4v) is 5.28. The highest BCUT2D eigenvalue weighted by Gasteiger charge is 2.26. The van der Waals surface area contributed by atoms with E-state index in [0.717, 1.165) is 32.5 Å². The predicted octanol–water partition coefficient (Wildman–Crippen LogP) is 6.28. The van der Waals surface area contributed by atoms with Gasteiger partial charge in [0.25, 0.3) is 0 Å². The number of aromatic nitrogens is 1. The normalized spacial score (nSPS) is 11.7. The number of nitrogens with one attached hydrogen (secondary N) is 1. The van der Waals surface area contributed by atoms with E-state index in [4.69, 9.17) is 4.98 Å². The Labute approximate surface area is 171 Å². The van der Waals surface area contributed by atoms with Gasteiger partial charge in [-0.05, 0) is 27.1 Å². The standard InChI is InChI=1S/C25H16N2OS/c28-21(14-17-10-3-7-15-6-1-2-11-18(15)17)26-25-27-23-19-12-4-8-16-9-5-13-20(22(16)19)24(23)29-25/h1-13H,14H2,(H,26,27,28). The van der Waals surface area contributed by atoms with Crippen molar-refractivity contribution in [2.45, 2.75) is 6.42 Å². The number of carbonyl (C=O) groups excluding carboxylic acids is 1. The molecule has 0 atom stereocenters. The molecule has 4 heteroatoms. The summed E-state index contributed by atoms with van der Waals surface area (Å²) in [7, 11) is 0. The number of rotatable bonds is 3. The Morgan fingerprint density at radius 3 is 2.45 bits per heavy atom. The average Bonchev–Trinajstić information content (AvgIpc) is 3.28. The van der Waals surface area contributed by atoms with Gasteiger partial charge in [-0.2, -0.15) is 0 Å². The number of carbonyl (C=O) groups is 1. The summed E-state index contributed by atoms with van der Waals surface area (Å²) in [5.74, 6) is -0.0414. The number of nitrogens with zero attached hydrogens (tertiary/aromatic N) is 1. The van der Waals surface area contributed by atoms with E-state index in [9.17, 15) is 4.79 Å². The van der Waals surface area contributed by atoms with Crippen molar-refractivity contribution >= 4 is 43.9 Å². The number of anilines is 1. The molecule has 0 unspecified atom stereocenters. The zero-order chi connectivity index (χ0) is 19.4. The molecule has 1 heterocycles. The maximum absolute atomic E-state index is 12.7. The maximum Gasteiger partial charge on any atom is 0.230 e. The van der Waals surface area contributed by atoms with E-state index in [1.54, 1.807) is 11.3 Å². The van der Waals surface area contributed by atoms with Crippen LogP contribution in [0.1, 0.15) is 5.56 Å². The van der Waals surface area contributed by atoms with Crippen molar-refractivity contribution in [2.75, 3.05) is 5.32 Å². The van der Waals surface area contributed by atoms with Crippen molar-refractivity contribution in [3.63, 3.8) is 0 Å². The SMILES string of the molecule is O=C(Cc1cccc2ccccc12)Nc1nc2c(s1)-c1cccc3cccc-2c13. The molecule has 4 aromatic carbocycles. The van der Waals surface area contributed by atoms with Crippen LogP contribution in [0.5, 0.6) is 0 Å². The second kappa shape index (κ2) is 6.26. The second-order valence-electron chi connectivity index (χ2n) is 7.27. The van der Waals surface area contributed by atoms with Gasteiger partial charge in [0, 0.05) is 11.1 Å². The van der Waals surface area contributed by atoms with Gasteiger partial charge in [-0.3, -0.25) is 4.79 Å². The molecule has 1 aliphatic carbocycles. The van der Waals surface area contributed by atoms with Crippen LogP contribution >= 0.6 is 11.3 Å². The minimum atomic E-state index is -0.0414. The summed E-state index contributed by atoms with van der Waals surface area (Å²) in [6.45, 7) is 0. The number of thiazole rings is 1. The van der Waals surface area contributed by atoms with Gasteiger partial charge < -0.3 is 5.32 Å². The minimum Gasteiger partial charge on any atom is -0.302 e. The minimum absolute atomic E-state index is 0.0414. The fourth-order valence-electron chi connectivity index (χ4n) is 4.25. The molecule has 0 bridgehead atoms. The summed E-state index contributed by atoms with van der Waals surface area (Å²) >= 11 is 1.55. The molecule has 6 rings (SSSR count). The van der Waals surface area contributed by atoms with E-state index in [1.165, 1.54) is 16.3 Å². The summed E-state index contributed by atoms with van der Waals surface area (Å²) in [5, 5.41) is 8.43. The summed E-state index contributed by atoms with van der Waals surface area (Å²) < 4.78 is 0. The molecule has 0 radical (unpaired) electrons. The summed E-state index contributed by atoms with van der Waals surface area (Å²) in [6.07, 6.45) is 0.331. The number of hydrogen-bond acceptors (Lipinski definition) is 3. The second-order valence-corrected chi connectivity index (χ2v) is 8.27. The first kappa shape index (κ1) is 16.5. The fraction of sp³-hybridized carbons (Fsp3) is 0.0400. The Hall–Kier alpha value is -3.50. The molecule has 3 nitrogen and oxygen atoms in total. The van der Waals surface area contributed by atoms with Gasteiger partial charge in [-0.25, -0.2) is 4.98 Å². The number of amides is 1. The van der Waals surface area contributed by atoms with Crippen molar-refractivity contribution in [1.82, 2.24) is 4.98 Å². The highest BCUT2D eigenvalue weighted by atomic mass is 32.1. The van der Waals surface area contributed by atoms with Crippen LogP contribution in [0.3, 0.4) is 0 Å². The molecular formula is C25H16N2OS. The maximum atomic E-state index is 12.7. The first-order valence-corrected chi connectivity index (χ1v) is 10.4. The Bertz CT molecular complexity index is 1370. The Kier molecular flexibility index (Phi) is 3.55. The molecule has 0 fully saturated rings. The zero-order valence-corrected chi connectivity index (χ0v) is 16.3. The third-order valence-electron chi connectivity index (χ3n) is 5.51. The largest absolute Gasteiger partial charge is 0.302 e. The van der Waals surface area contributed by atoms with Crippen LogP contribution in [0.4, 0.5) is 5.13 Å². The monoisotopic (exact) mass is 392 g/mol. The van der Waals surface area contributed by atoms with Crippen LogP contribution in [0.15, 0.2) is 78.9 Å². The summed E-state index contributed by atoms with van der Waals surface area (Å²) in [6, 6.07) is 26.9. The van der Waals surface area contributed by atoms with E-state index >= 15 is 0 Å². The van der Waals surface area contributed by atoms with Gasteiger partial charge in [-0.15, -0.1) is 0 Å². The predicted molar refractivity (Wildman–Crippen MR) is 120 cm³/mol. The molecule has 5 aromatic rings. The lowest BCUT2D eigenvalue weighted by molar-refractivity contribution is -0.115. The lowest BCUT2D eigenvalue weighted by Gasteiger charge is -2.06. The van der Waals surface area contributed by atoms with Crippen molar-refractivity contribution in [1.29, 1.82) is 0 Å². The lowest BCUT2D eigenvalue weighted by Crippen LogP contribution is -2.14. The van der Waals surface area contributed by atoms with Gasteiger partial charge in [0.15, 0.2) is 5.13 Å². The van der Waals surface area contributed by atoms with Crippen LogP contribution in [-0.2, 0) is 11.2 Å². The molecule has 1 aromatic heterocycles. The Morgan fingerprint density at radius 1 is 0.828 bits per heavy atom. The third-order valence-corrected chi connectivity index (χ3v) is 6.51. The first-order chi connectivity index (χ1) is 14.3. The van der Waals surface area contributed by atoms with Crippen LogP contribution < -0.4 is 5.32 Å². The van der Waals surface area contributed by atoms with Gasteiger partial charge in [0.05, 0.1) is 17.0 Å². The Balaban J connectivity index is 1.31. The number of benzene rings is 4. The molecule has 1 amide bonds. The van der Waals surface area contributed by atoms with Crippen LogP contribution in [-0.4, -0.2) is 10.9 Å². The van der Waals surface area contributed by atoms with Crippen molar-refractivity contribution in [2.24, 2.45) is 0 Å². The lowest BCUT2D eigenvalue weighted by atomic mass is 10.0. The first-order valence-electron chi connectivity index (χ1n) is 9.58. The molecule has 0 saturated carbocycles. The molecule has 138 valence electrons. The quantitative estimate of drug-likeness (QED) is 0.385. The van der Waals surface area contributed by atoms with Gasteiger partial charge in [0.1, 0.15) is 0 Å². The molecule has 29 heavy (non-hydrogen) atoms. The van der Waals surface area contributed by atoms with Crippen LogP contribution in [0.25, 0.3) is 43.2 Å². The highest BCUT2D eigenvalue weighted by Crippen LogP contribution is 2.50. The van der Waals surface area contributed by atoms with E-state index in [0.29, 0.717) is 11.6 Å². The topological polar surface area (TPSA) is 42.0 Å². The van der Waals surface area contributed by atoms with Gasteiger partial charge >= 0.3 is 0 Å². The van der Waals surface area contributed by atoms with Gasteiger partial charge in [0.2, 0.25) is 5.91 Å². The smallest absolute Gasteiger partial charge is 0.230 e. The van der Waals surface area contributed by atoms with Crippen LogP contribution in [0.2, 0.25) is 0 Å². The number of hydrogen-bond donors (Lipinski definition) is 1. The molecule has 1 aliphatic rings. The van der Waals surface area contributed by atoms with Crippen LogP contribution in [0, 0.1) is 0 Å².